The number of carboxylic acid groups (broad SMARTS) is 1. The van der Waals surface area contributed by atoms with Gasteiger partial charge in [0.1, 0.15) is 0 Å². The van der Waals surface area contributed by atoms with Crippen LogP contribution < -0.4 is 4.90 Å². The Hall–Kier alpha value is -1.65. The number of nitrogens with zero attached hydrogens (tertiary/aromatic N) is 3. The Morgan fingerprint density at radius 2 is 2.33 bits per heavy atom. The molecule has 1 aliphatic rings. The molecule has 1 saturated heterocycles. The van der Waals surface area contributed by atoms with Crippen molar-refractivity contribution in [1.29, 1.82) is 0 Å². The van der Waals surface area contributed by atoms with E-state index in [2.05, 4.69) is 21.8 Å². The van der Waals surface area contributed by atoms with Gasteiger partial charge in [-0.1, -0.05) is 13.3 Å². The fraction of sp³-hybridized carbons (Fsp3) is 0.615. The van der Waals surface area contributed by atoms with Crippen LogP contribution in [0.15, 0.2) is 6.07 Å². The van der Waals surface area contributed by atoms with Gasteiger partial charge >= 0.3 is 5.97 Å². The van der Waals surface area contributed by atoms with E-state index in [4.69, 9.17) is 5.11 Å². The molecule has 98 valence electrons. The normalized spacial score (nSPS) is 19.2. The Kier molecular flexibility index (Phi) is 3.79. The van der Waals surface area contributed by atoms with Gasteiger partial charge in [-0.2, -0.15) is 0 Å². The summed E-state index contributed by atoms with van der Waals surface area (Å²) in [5.74, 6) is 0.254. The Balaban J connectivity index is 2.16. The van der Waals surface area contributed by atoms with Crippen molar-refractivity contribution in [2.75, 3.05) is 18.0 Å². The fourth-order valence-corrected chi connectivity index (χ4v) is 2.46. The van der Waals surface area contributed by atoms with E-state index in [-0.39, 0.29) is 5.69 Å². The third-order valence-corrected chi connectivity index (χ3v) is 3.33. The maximum atomic E-state index is 11.0. The highest BCUT2D eigenvalue weighted by Gasteiger charge is 2.24. The van der Waals surface area contributed by atoms with Crippen molar-refractivity contribution in [3.05, 3.63) is 17.5 Å². The highest BCUT2D eigenvalue weighted by Crippen LogP contribution is 2.24. The van der Waals surface area contributed by atoms with Crippen LogP contribution in [-0.2, 0) is 0 Å². The molecule has 1 atom stereocenters. The molecule has 0 spiro atoms. The third-order valence-electron chi connectivity index (χ3n) is 3.33. The quantitative estimate of drug-likeness (QED) is 0.885. The number of carbonyl (C=O) groups is 1. The molecule has 0 saturated carbocycles. The van der Waals surface area contributed by atoms with E-state index in [0.29, 0.717) is 17.6 Å². The smallest absolute Gasteiger partial charge is 0.354 e. The summed E-state index contributed by atoms with van der Waals surface area (Å²) >= 11 is 0. The summed E-state index contributed by atoms with van der Waals surface area (Å²) in [6.07, 6.45) is 3.55. The van der Waals surface area contributed by atoms with Crippen LogP contribution in [0.5, 0.6) is 0 Å². The molecule has 0 aliphatic carbocycles. The van der Waals surface area contributed by atoms with E-state index in [0.717, 1.165) is 19.5 Å². The van der Waals surface area contributed by atoms with E-state index in [9.17, 15) is 4.79 Å². The summed E-state index contributed by atoms with van der Waals surface area (Å²) in [5, 5.41) is 9.00. The standard InChI is InChI=1S/C13H19N3O2/c1-3-4-10-5-6-16(8-10)13-14-9(2)7-11(15-13)12(17)18/h7,10H,3-6,8H2,1-2H3,(H,17,18). The minimum absolute atomic E-state index is 0.0800. The maximum Gasteiger partial charge on any atom is 0.354 e. The molecule has 1 aromatic rings. The topological polar surface area (TPSA) is 66.3 Å². The number of carboxylic acids is 1. The molecule has 2 rings (SSSR count). The van der Waals surface area contributed by atoms with E-state index in [1.807, 2.05) is 0 Å². The first-order valence-electron chi connectivity index (χ1n) is 6.44. The molecule has 0 radical (unpaired) electrons. The van der Waals surface area contributed by atoms with E-state index in [1.54, 1.807) is 6.92 Å². The maximum absolute atomic E-state index is 11.0. The minimum atomic E-state index is -0.994. The van der Waals surface area contributed by atoms with Gasteiger partial charge in [0.2, 0.25) is 5.95 Å². The van der Waals surface area contributed by atoms with Crippen LogP contribution in [0.1, 0.15) is 42.4 Å². The number of aromatic nitrogens is 2. The van der Waals surface area contributed by atoms with Crippen LogP contribution in [0.25, 0.3) is 0 Å². The lowest BCUT2D eigenvalue weighted by Crippen LogP contribution is -2.23. The van der Waals surface area contributed by atoms with Gasteiger partial charge < -0.3 is 10.0 Å². The molecule has 1 aromatic heterocycles. The second-order valence-corrected chi connectivity index (χ2v) is 4.89. The molecule has 1 fully saturated rings. The van der Waals surface area contributed by atoms with Crippen LogP contribution in [0.4, 0.5) is 5.95 Å². The van der Waals surface area contributed by atoms with Crippen LogP contribution in [0.3, 0.4) is 0 Å². The van der Waals surface area contributed by atoms with Crippen LogP contribution >= 0.6 is 0 Å². The molecule has 1 unspecified atom stereocenters. The second-order valence-electron chi connectivity index (χ2n) is 4.89. The first-order chi connectivity index (χ1) is 8.60. The van der Waals surface area contributed by atoms with Gasteiger partial charge in [-0.05, 0) is 31.7 Å². The zero-order valence-corrected chi connectivity index (χ0v) is 10.9. The Morgan fingerprint density at radius 3 is 3.00 bits per heavy atom. The lowest BCUT2D eigenvalue weighted by Gasteiger charge is -2.17. The van der Waals surface area contributed by atoms with E-state index in [1.165, 1.54) is 18.9 Å². The number of hydrogen-bond acceptors (Lipinski definition) is 4. The number of aryl methyl sites for hydroxylation is 1. The largest absolute Gasteiger partial charge is 0.477 e. The molecule has 1 N–H and O–H groups in total. The SMILES string of the molecule is CCCC1CCN(c2nc(C)cc(C(=O)O)n2)C1. The van der Waals surface area contributed by atoms with Gasteiger partial charge in [-0.15, -0.1) is 0 Å². The van der Waals surface area contributed by atoms with Crippen molar-refractivity contribution in [3.8, 4) is 0 Å². The highest BCUT2D eigenvalue weighted by atomic mass is 16.4. The van der Waals surface area contributed by atoms with Crippen LogP contribution in [0.2, 0.25) is 0 Å². The summed E-state index contributed by atoms with van der Waals surface area (Å²) in [5.41, 5.74) is 0.785. The molecular weight excluding hydrogens is 230 g/mol. The van der Waals surface area contributed by atoms with Gasteiger partial charge in [0.25, 0.3) is 0 Å². The summed E-state index contributed by atoms with van der Waals surface area (Å²) in [7, 11) is 0. The summed E-state index contributed by atoms with van der Waals surface area (Å²) < 4.78 is 0. The molecule has 5 nitrogen and oxygen atoms in total. The van der Waals surface area contributed by atoms with Gasteiger partial charge in [-0.3, -0.25) is 0 Å². The molecule has 0 bridgehead atoms. The van der Waals surface area contributed by atoms with E-state index >= 15 is 0 Å². The van der Waals surface area contributed by atoms with Gasteiger partial charge in [0.15, 0.2) is 5.69 Å². The molecular formula is C13H19N3O2. The third kappa shape index (κ3) is 2.78. The van der Waals surface area contributed by atoms with Crippen molar-refractivity contribution in [2.45, 2.75) is 33.1 Å². The van der Waals surface area contributed by atoms with Crippen LogP contribution in [0, 0.1) is 12.8 Å². The number of rotatable bonds is 4. The van der Waals surface area contributed by atoms with Gasteiger partial charge in [-0.25, -0.2) is 14.8 Å². The molecule has 18 heavy (non-hydrogen) atoms. The molecule has 2 heterocycles. The summed E-state index contributed by atoms with van der Waals surface area (Å²) in [6, 6.07) is 1.51. The average Bonchev–Trinajstić information content (AvgIpc) is 2.77. The first kappa shape index (κ1) is 12.8. The van der Waals surface area contributed by atoms with Crippen molar-refractivity contribution < 1.29 is 9.90 Å². The second kappa shape index (κ2) is 5.33. The zero-order chi connectivity index (χ0) is 13.1. The number of aromatic carboxylic acids is 1. The van der Waals surface area contributed by atoms with Crippen molar-refractivity contribution in [3.63, 3.8) is 0 Å². The number of anilines is 1. The van der Waals surface area contributed by atoms with Crippen LogP contribution in [-0.4, -0.2) is 34.1 Å². The lowest BCUT2D eigenvalue weighted by atomic mass is 10.0. The Bertz CT molecular complexity index is 448. The van der Waals surface area contributed by atoms with Gasteiger partial charge in [0, 0.05) is 18.8 Å². The predicted molar refractivity (Wildman–Crippen MR) is 69.0 cm³/mol. The number of hydrogen-bond donors (Lipinski definition) is 1. The van der Waals surface area contributed by atoms with Gasteiger partial charge in [0.05, 0.1) is 0 Å². The van der Waals surface area contributed by atoms with Crippen molar-refractivity contribution in [2.24, 2.45) is 5.92 Å². The molecule has 5 heteroatoms. The highest BCUT2D eigenvalue weighted by molar-refractivity contribution is 5.85. The predicted octanol–water partition coefficient (Wildman–Crippen LogP) is 2.11. The van der Waals surface area contributed by atoms with Crippen molar-refractivity contribution in [1.82, 2.24) is 9.97 Å². The first-order valence-corrected chi connectivity index (χ1v) is 6.44. The Morgan fingerprint density at radius 1 is 1.56 bits per heavy atom. The van der Waals surface area contributed by atoms with E-state index < -0.39 is 5.97 Å². The monoisotopic (exact) mass is 249 g/mol. The molecule has 0 aromatic carbocycles. The summed E-state index contributed by atoms with van der Waals surface area (Å²) in [6.45, 7) is 5.86. The van der Waals surface area contributed by atoms with Crippen molar-refractivity contribution >= 4 is 11.9 Å². The minimum Gasteiger partial charge on any atom is -0.477 e. The molecule has 1 aliphatic heterocycles. The Labute approximate surface area is 107 Å². The fourth-order valence-electron chi connectivity index (χ4n) is 2.46. The molecule has 0 amide bonds. The summed E-state index contributed by atoms with van der Waals surface area (Å²) in [4.78, 5) is 21.5. The average molecular weight is 249 g/mol. The lowest BCUT2D eigenvalue weighted by molar-refractivity contribution is 0.0690. The zero-order valence-electron chi connectivity index (χ0n) is 10.9.